The fourth-order valence-corrected chi connectivity index (χ4v) is 4.72. The third-order valence-electron chi connectivity index (χ3n) is 5.32. The molecule has 0 unspecified atom stereocenters. The second kappa shape index (κ2) is 8.55. The van der Waals surface area contributed by atoms with Crippen molar-refractivity contribution >= 4 is 29.1 Å². The Kier molecular flexibility index (Phi) is 5.80. The van der Waals surface area contributed by atoms with E-state index in [-0.39, 0.29) is 11.4 Å². The molecule has 0 N–H and O–H groups in total. The molecule has 0 bridgehead atoms. The standard InChI is InChI=1S/C24H22FN3O3S/c1-14-20(23(30)31-4)21(16-7-11-18(12-8-16)27(2)3)28-22(29)19(32-24(28)26-14)13-15-5-9-17(25)10-6-15/h5-13,21H,1-4H3/b19-13+/t21-/m1/s1. The van der Waals surface area contributed by atoms with Gasteiger partial charge in [0.25, 0.3) is 5.56 Å². The van der Waals surface area contributed by atoms with Gasteiger partial charge < -0.3 is 9.64 Å². The number of methoxy groups -OCH3 is 1. The van der Waals surface area contributed by atoms with Crippen LogP contribution in [0.5, 0.6) is 0 Å². The maximum Gasteiger partial charge on any atom is 0.338 e. The number of thiazole rings is 1. The number of anilines is 1. The van der Waals surface area contributed by atoms with Gasteiger partial charge in [-0.1, -0.05) is 35.6 Å². The molecule has 1 atom stereocenters. The van der Waals surface area contributed by atoms with E-state index in [9.17, 15) is 14.0 Å². The molecule has 0 saturated heterocycles. The van der Waals surface area contributed by atoms with E-state index < -0.39 is 12.0 Å². The minimum absolute atomic E-state index is 0.270. The molecule has 4 rings (SSSR count). The highest BCUT2D eigenvalue weighted by Crippen LogP contribution is 2.31. The van der Waals surface area contributed by atoms with Gasteiger partial charge in [-0.25, -0.2) is 14.2 Å². The normalized spacial score (nSPS) is 15.9. The third-order valence-corrected chi connectivity index (χ3v) is 6.30. The monoisotopic (exact) mass is 451 g/mol. The molecule has 164 valence electrons. The fourth-order valence-electron chi connectivity index (χ4n) is 3.67. The summed E-state index contributed by atoms with van der Waals surface area (Å²) in [6.07, 6.45) is 1.70. The highest BCUT2D eigenvalue weighted by Gasteiger charge is 2.33. The minimum atomic E-state index is -0.662. The van der Waals surface area contributed by atoms with Gasteiger partial charge >= 0.3 is 5.97 Å². The quantitative estimate of drug-likeness (QED) is 0.572. The zero-order valence-corrected chi connectivity index (χ0v) is 18.9. The Morgan fingerprint density at radius 1 is 1.16 bits per heavy atom. The van der Waals surface area contributed by atoms with E-state index in [0.29, 0.717) is 26.2 Å². The summed E-state index contributed by atoms with van der Waals surface area (Å²) in [5.41, 5.74) is 3.04. The molecule has 0 saturated carbocycles. The molecule has 3 aromatic rings. The van der Waals surface area contributed by atoms with Crippen LogP contribution in [0.1, 0.15) is 24.1 Å². The highest BCUT2D eigenvalue weighted by atomic mass is 32.1. The molecule has 0 aliphatic carbocycles. The second-order valence-corrected chi connectivity index (χ2v) is 8.62. The van der Waals surface area contributed by atoms with E-state index in [1.807, 2.05) is 43.3 Å². The first-order valence-corrected chi connectivity index (χ1v) is 10.8. The Bertz CT molecular complexity index is 1380. The lowest BCUT2D eigenvalue weighted by atomic mass is 9.95. The van der Waals surface area contributed by atoms with Gasteiger partial charge in [0.1, 0.15) is 5.82 Å². The molecule has 1 aromatic heterocycles. The number of allylic oxidation sites excluding steroid dienone is 1. The molecule has 0 spiro atoms. The van der Waals surface area contributed by atoms with Crippen LogP contribution >= 0.6 is 11.3 Å². The van der Waals surface area contributed by atoms with E-state index in [1.54, 1.807) is 25.1 Å². The highest BCUT2D eigenvalue weighted by molar-refractivity contribution is 7.07. The summed E-state index contributed by atoms with van der Waals surface area (Å²) >= 11 is 1.23. The smallest absolute Gasteiger partial charge is 0.338 e. The number of halogens is 1. The zero-order valence-electron chi connectivity index (χ0n) is 18.1. The van der Waals surface area contributed by atoms with Gasteiger partial charge in [0.2, 0.25) is 0 Å². The molecule has 2 heterocycles. The Morgan fingerprint density at radius 3 is 2.41 bits per heavy atom. The van der Waals surface area contributed by atoms with E-state index in [0.717, 1.165) is 11.3 Å². The lowest BCUT2D eigenvalue weighted by molar-refractivity contribution is -0.136. The number of fused-ring (bicyclic) bond motifs is 1. The van der Waals surface area contributed by atoms with Crippen molar-refractivity contribution in [3.05, 3.63) is 96.4 Å². The number of esters is 1. The van der Waals surface area contributed by atoms with E-state index in [2.05, 4.69) is 4.99 Å². The number of aromatic nitrogens is 1. The molecule has 6 nitrogen and oxygen atoms in total. The van der Waals surface area contributed by atoms with Crippen LogP contribution in [-0.2, 0) is 9.53 Å². The number of carbonyl (C=O) groups excluding carboxylic acids is 1. The Balaban J connectivity index is 1.93. The lowest BCUT2D eigenvalue weighted by Gasteiger charge is -2.25. The van der Waals surface area contributed by atoms with Crippen LogP contribution in [0.25, 0.3) is 6.08 Å². The summed E-state index contributed by atoms with van der Waals surface area (Å²) in [5, 5.41) is 0. The summed E-state index contributed by atoms with van der Waals surface area (Å²) in [7, 11) is 5.20. The Labute approximate surface area is 188 Å². The van der Waals surface area contributed by atoms with Gasteiger partial charge in [-0.2, -0.15) is 0 Å². The molecule has 32 heavy (non-hydrogen) atoms. The lowest BCUT2D eigenvalue weighted by Crippen LogP contribution is -2.39. The van der Waals surface area contributed by atoms with Crippen molar-refractivity contribution in [2.75, 3.05) is 26.1 Å². The van der Waals surface area contributed by atoms with E-state index in [4.69, 9.17) is 4.74 Å². The molecule has 1 aliphatic rings. The van der Waals surface area contributed by atoms with Crippen LogP contribution in [-0.4, -0.2) is 31.7 Å². The van der Waals surface area contributed by atoms with Crippen LogP contribution in [0.3, 0.4) is 0 Å². The summed E-state index contributed by atoms with van der Waals surface area (Å²) in [5.74, 6) is -0.871. The van der Waals surface area contributed by atoms with Crippen LogP contribution in [0.2, 0.25) is 0 Å². The van der Waals surface area contributed by atoms with Crippen molar-refractivity contribution < 1.29 is 13.9 Å². The molecule has 2 aromatic carbocycles. The molecule has 1 aliphatic heterocycles. The molecule has 0 amide bonds. The van der Waals surface area contributed by atoms with Gasteiger partial charge in [-0.3, -0.25) is 9.36 Å². The number of benzene rings is 2. The first-order chi connectivity index (χ1) is 15.3. The van der Waals surface area contributed by atoms with Crippen molar-refractivity contribution in [2.24, 2.45) is 4.99 Å². The van der Waals surface area contributed by atoms with Crippen molar-refractivity contribution in [1.82, 2.24) is 4.57 Å². The van der Waals surface area contributed by atoms with Crippen molar-refractivity contribution in [3.63, 3.8) is 0 Å². The maximum absolute atomic E-state index is 13.4. The first-order valence-electron chi connectivity index (χ1n) is 9.94. The summed E-state index contributed by atoms with van der Waals surface area (Å²) in [6.45, 7) is 1.74. The second-order valence-electron chi connectivity index (χ2n) is 7.61. The number of hydrogen-bond acceptors (Lipinski definition) is 6. The van der Waals surface area contributed by atoms with Crippen LogP contribution in [0, 0.1) is 5.82 Å². The van der Waals surface area contributed by atoms with E-state index >= 15 is 0 Å². The van der Waals surface area contributed by atoms with Gasteiger partial charge in [-0.05, 0) is 48.4 Å². The number of nitrogens with zero attached hydrogens (tertiary/aromatic N) is 3. The third kappa shape index (κ3) is 3.89. The summed E-state index contributed by atoms with van der Waals surface area (Å²) in [4.78, 5) is 33.1. The average Bonchev–Trinajstić information content (AvgIpc) is 3.08. The van der Waals surface area contributed by atoms with Crippen LogP contribution in [0.15, 0.2) is 69.6 Å². The van der Waals surface area contributed by atoms with Gasteiger partial charge in [0, 0.05) is 19.8 Å². The largest absolute Gasteiger partial charge is 0.466 e. The number of hydrogen-bond donors (Lipinski definition) is 0. The predicted molar refractivity (Wildman–Crippen MR) is 123 cm³/mol. The molecular weight excluding hydrogens is 429 g/mol. The predicted octanol–water partition coefficient (Wildman–Crippen LogP) is 2.61. The number of ether oxygens (including phenoxy) is 1. The van der Waals surface area contributed by atoms with Crippen LogP contribution in [0.4, 0.5) is 10.1 Å². The molecular formula is C24H22FN3O3S. The Morgan fingerprint density at radius 2 is 1.81 bits per heavy atom. The number of carbonyl (C=O) groups is 1. The average molecular weight is 452 g/mol. The molecule has 0 radical (unpaired) electrons. The van der Waals surface area contributed by atoms with Crippen molar-refractivity contribution in [1.29, 1.82) is 0 Å². The minimum Gasteiger partial charge on any atom is -0.466 e. The van der Waals surface area contributed by atoms with Crippen molar-refractivity contribution in [3.8, 4) is 0 Å². The zero-order chi connectivity index (χ0) is 23.0. The first kappa shape index (κ1) is 21.7. The molecule has 0 fully saturated rings. The van der Waals surface area contributed by atoms with Crippen LogP contribution < -0.4 is 19.8 Å². The fraction of sp³-hybridized carbons (Fsp3) is 0.208. The maximum atomic E-state index is 13.4. The van der Waals surface area contributed by atoms with Gasteiger partial charge in [-0.15, -0.1) is 0 Å². The van der Waals surface area contributed by atoms with Gasteiger partial charge in [0.05, 0.1) is 29.0 Å². The van der Waals surface area contributed by atoms with E-state index in [1.165, 1.54) is 35.1 Å². The Hall–Kier alpha value is -3.52. The van der Waals surface area contributed by atoms with Gasteiger partial charge in [0.15, 0.2) is 4.80 Å². The van der Waals surface area contributed by atoms with Crippen molar-refractivity contribution in [2.45, 2.75) is 13.0 Å². The molecule has 8 heteroatoms. The summed E-state index contributed by atoms with van der Waals surface area (Å²) in [6, 6.07) is 12.9. The topological polar surface area (TPSA) is 63.9 Å². The SMILES string of the molecule is COC(=O)C1=C(C)N=c2s/c(=C/c3ccc(F)cc3)c(=O)n2[C@@H]1c1ccc(N(C)C)cc1. The summed E-state index contributed by atoms with van der Waals surface area (Å²) < 4.78 is 20.3. The number of rotatable bonds is 4.